The maximum atomic E-state index is 12.3. The molecule has 2 heterocycles. The lowest BCUT2D eigenvalue weighted by Crippen LogP contribution is -2.21. The Hall–Kier alpha value is -2.67. The molecule has 0 atom stereocenters. The molecule has 2 aromatic rings. The molecule has 0 unspecified atom stereocenters. The first kappa shape index (κ1) is 26.6. The largest absolute Gasteiger partial charge is 0.490 e. The number of sulfone groups is 1. The molecule has 13 heteroatoms. The number of hydrogen-bond donors (Lipinski definition) is 2. The Morgan fingerprint density at radius 2 is 1.67 bits per heavy atom. The van der Waals surface area contributed by atoms with E-state index < -0.39 is 22.0 Å². The number of aromatic nitrogens is 1. The van der Waals surface area contributed by atoms with Crippen molar-refractivity contribution in [2.75, 3.05) is 29.1 Å². The predicted molar refractivity (Wildman–Crippen MR) is 119 cm³/mol. The minimum absolute atomic E-state index is 0.117. The summed E-state index contributed by atoms with van der Waals surface area (Å²) in [5.41, 5.74) is 1.04. The lowest BCUT2D eigenvalue weighted by molar-refractivity contribution is -0.192. The van der Waals surface area contributed by atoms with Gasteiger partial charge in [0.2, 0.25) is 5.91 Å². The van der Waals surface area contributed by atoms with Crippen molar-refractivity contribution in [3.63, 3.8) is 0 Å². The van der Waals surface area contributed by atoms with Crippen LogP contribution in [0.25, 0.3) is 0 Å². The van der Waals surface area contributed by atoms with Crippen molar-refractivity contribution < 1.29 is 36.3 Å². The van der Waals surface area contributed by atoms with Crippen LogP contribution in [0.2, 0.25) is 0 Å². The van der Waals surface area contributed by atoms with Gasteiger partial charge in [-0.25, -0.2) is 18.2 Å². The fourth-order valence-electron chi connectivity index (χ4n) is 2.81. The van der Waals surface area contributed by atoms with Crippen molar-refractivity contribution >= 4 is 49.1 Å². The van der Waals surface area contributed by atoms with Crippen LogP contribution in [0.4, 0.5) is 24.7 Å². The Labute approximate surface area is 196 Å². The zero-order valence-corrected chi connectivity index (χ0v) is 19.6. The maximum absolute atomic E-state index is 12.3. The van der Waals surface area contributed by atoms with Crippen LogP contribution in [0, 0.1) is 0 Å². The first-order chi connectivity index (χ1) is 15.4. The van der Waals surface area contributed by atoms with Gasteiger partial charge in [-0.05, 0) is 49.2 Å². The summed E-state index contributed by atoms with van der Waals surface area (Å²) in [7, 11) is -3.49. The molecule has 1 aromatic heterocycles. The summed E-state index contributed by atoms with van der Waals surface area (Å²) in [5.74, 6) is -2.94. The van der Waals surface area contributed by atoms with E-state index in [0.29, 0.717) is 5.82 Å². The number of aliphatic carboxylic acids is 1. The van der Waals surface area contributed by atoms with E-state index in [4.69, 9.17) is 9.90 Å². The third-order valence-corrected chi connectivity index (χ3v) is 6.76. The van der Waals surface area contributed by atoms with Gasteiger partial charge in [-0.15, -0.1) is 0 Å². The Bertz CT molecular complexity index is 1060. The van der Waals surface area contributed by atoms with Gasteiger partial charge < -0.3 is 15.3 Å². The number of anilines is 2. The third kappa shape index (κ3) is 8.65. The van der Waals surface area contributed by atoms with Crippen molar-refractivity contribution in [3.05, 3.63) is 47.1 Å². The van der Waals surface area contributed by atoms with Crippen LogP contribution in [-0.2, 0) is 19.4 Å². The molecule has 1 aliphatic rings. The third-order valence-electron chi connectivity index (χ3n) is 4.50. The topological polar surface area (TPSA) is 117 Å². The summed E-state index contributed by atoms with van der Waals surface area (Å²) >= 11 is 3.27. The smallest absolute Gasteiger partial charge is 0.475 e. The second-order valence-electron chi connectivity index (χ2n) is 6.97. The highest BCUT2D eigenvalue weighted by molar-refractivity contribution is 9.10. The number of benzene rings is 1. The van der Waals surface area contributed by atoms with Crippen LogP contribution >= 0.6 is 15.9 Å². The van der Waals surface area contributed by atoms with Crippen LogP contribution in [0.3, 0.4) is 0 Å². The number of alkyl halides is 3. The average molecular weight is 552 g/mol. The van der Waals surface area contributed by atoms with Gasteiger partial charge in [-0.1, -0.05) is 15.9 Å². The van der Waals surface area contributed by atoms with E-state index in [1.165, 1.54) is 25.0 Å². The molecule has 1 amide bonds. The van der Waals surface area contributed by atoms with Gasteiger partial charge in [0.25, 0.3) is 0 Å². The second-order valence-corrected chi connectivity index (χ2v) is 9.99. The number of carbonyl (C=O) groups excluding carboxylic acids is 1. The van der Waals surface area contributed by atoms with E-state index in [9.17, 15) is 26.4 Å². The molecule has 0 bridgehead atoms. The number of hydrogen-bond acceptors (Lipinski definition) is 6. The Balaban J connectivity index is 0.000000479. The number of halogens is 4. The fourth-order valence-corrected chi connectivity index (χ4v) is 4.32. The van der Waals surface area contributed by atoms with Crippen molar-refractivity contribution in [2.24, 2.45) is 0 Å². The van der Waals surface area contributed by atoms with Crippen molar-refractivity contribution in [2.45, 2.75) is 30.3 Å². The SMILES string of the molecule is O=C(CCS(=O)(=O)c1ccc(Br)cc1)Nc1ccc(N2CCCC2)cn1.O=C(O)C(F)(F)F. The quantitative estimate of drug-likeness (QED) is 0.559. The Morgan fingerprint density at radius 3 is 2.15 bits per heavy atom. The van der Waals surface area contributed by atoms with Crippen molar-refractivity contribution in [3.8, 4) is 0 Å². The number of amides is 1. The van der Waals surface area contributed by atoms with Crippen LogP contribution in [0.5, 0.6) is 0 Å². The van der Waals surface area contributed by atoms with Gasteiger partial charge in [0.05, 0.1) is 22.5 Å². The predicted octanol–water partition coefficient (Wildman–Crippen LogP) is 3.88. The van der Waals surface area contributed by atoms with E-state index in [1.54, 1.807) is 24.4 Å². The minimum atomic E-state index is -5.08. The summed E-state index contributed by atoms with van der Waals surface area (Å²) in [5, 5.41) is 9.78. The molecule has 1 fully saturated rings. The molecule has 0 spiro atoms. The van der Waals surface area contributed by atoms with Gasteiger partial charge >= 0.3 is 12.1 Å². The highest BCUT2D eigenvalue weighted by Gasteiger charge is 2.38. The number of pyridine rings is 1. The Morgan fingerprint density at radius 1 is 1.09 bits per heavy atom. The number of nitrogens with one attached hydrogen (secondary N) is 1. The van der Waals surface area contributed by atoms with Crippen LogP contribution < -0.4 is 10.2 Å². The van der Waals surface area contributed by atoms with Crippen LogP contribution in [0.15, 0.2) is 52.0 Å². The summed E-state index contributed by atoms with van der Waals surface area (Å²) < 4.78 is 57.1. The highest BCUT2D eigenvalue weighted by Crippen LogP contribution is 2.20. The molecule has 1 aliphatic heterocycles. The minimum Gasteiger partial charge on any atom is -0.475 e. The van der Waals surface area contributed by atoms with Gasteiger partial charge in [-0.3, -0.25) is 4.79 Å². The molecule has 2 N–H and O–H groups in total. The van der Waals surface area contributed by atoms with Crippen molar-refractivity contribution in [1.82, 2.24) is 4.98 Å². The molecule has 1 saturated heterocycles. The van der Waals surface area contributed by atoms with Gasteiger partial charge in [0.15, 0.2) is 9.84 Å². The fraction of sp³-hybridized carbons (Fsp3) is 0.350. The number of carboxylic acid groups (broad SMARTS) is 1. The van der Waals surface area contributed by atoms with Gasteiger partial charge in [0.1, 0.15) is 5.82 Å². The molecular formula is C20H21BrF3N3O5S. The van der Waals surface area contributed by atoms with E-state index in [1.807, 2.05) is 6.07 Å². The number of carbonyl (C=O) groups is 2. The molecule has 3 rings (SSSR count). The normalized spacial score (nSPS) is 13.8. The second kappa shape index (κ2) is 11.5. The molecule has 1 aromatic carbocycles. The highest BCUT2D eigenvalue weighted by atomic mass is 79.9. The first-order valence-electron chi connectivity index (χ1n) is 9.68. The zero-order valence-electron chi connectivity index (χ0n) is 17.2. The van der Waals surface area contributed by atoms with Gasteiger partial charge in [-0.2, -0.15) is 13.2 Å². The number of carboxylic acids is 1. The van der Waals surface area contributed by atoms with E-state index in [0.717, 1.165) is 23.2 Å². The standard InChI is InChI=1S/C18H20BrN3O3S.C2HF3O2/c19-14-3-6-16(7-4-14)26(24,25)12-9-18(23)21-17-8-5-15(13-20-17)22-10-1-2-11-22;3-2(4,5)1(6)7/h3-8,13H,1-2,9-12H2,(H,20,21,23);(H,6,7). The summed E-state index contributed by atoms with van der Waals surface area (Å²) in [4.78, 5) is 27.7. The molecule has 0 saturated carbocycles. The number of nitrogens with zero attached hydrogens (tertiary/aromatic N) is 2. The van der Waals surface area contributed by atoms with E-state index >= 15 is 0 Å². The maximum Gasteiger partial charge on any atom is 0.490 e. The first-order valence-corrected chi connectivity index (χ1v) is 12.1. The van der Waals surface area contributed by atoms with E-state index in [2.05, 4.69) is 31.1 Å². The number of rotatable bonds is 6. The van der Waals surface area contributed by atoms with Gasteiger partial charge in [0, 0.05) is 24.0 Å². The van der Waals surface area contributed by atoms with Crippen molar-refractivity contribution in [1.29, 1.82) is 0 Å². The lowest BCUT2D eigenvalue weighted by atomic mass is 10.3. The molecule has 180 valence electrons. The monoisotopic (exact) mass is 551 g/mol. The van der Waals surface area contributed by atoms with Crippen LogP contribution in [0.1, 0.15) is 19.3 Å². The molecule has 8 nitrogen and oxygen atoms in total. The molecular weight excluding hydrogens is 531 g/mol. The summed E-state index contributed by atoms with van der Waals surface area (Å²) in [6, 6.07) is 10.0. The molecule has 0 aliphatic carbocycles. The zero-order chi connectivity index (χ0) is 24.6. The lowest BCUT2D eigenvalue weighted by Gasteiger charge is -2.17. The van der Waals surface area contributed by atoms with Crippen LogP contribution in [-0.4, -0.2) is 55.4 Å². The molecule has 0 radical (unpaired) electrons. The summed E-state index contributed by atoms with van der Waals surface area (Å²) in [6.45, 7) is 2.06. The average Bonchev–Trinajstić information content (AvgIpc) is 3.28. The molecule has 33 heavy (non-hydrogen) atoms. The Kier molecular flexibility index (Phi) is 9.23. The van der Waals surface area contributed by atoms with E-state index in [-0.39, 0.29) is 23.0 Å². The summed E-state index contributed by atoms with van der Waals surface area (Å²) in [6.07, 6.45) is -1.09.